The number of hydrogen-bond acceptors (Lipinski definition) is 5. The van der Waals surface area contributed by atoms with Crippen LogP contribution >= 0.6 is 24.8 Å². The number of ether oxygens (including phenoxy) is 2. The minimum Gasteiger partial charge on any atom is -0.378 e. The van der Waals surface area contributed by atoms with Gasteiger partial charge in [0.15, 0.2) is 0 Å². The number of carbonyl (C=O) groups is 1. The zero-order valence-corrected chi connectivity index (χ0v) is 15.2. The minimum absolute atomic E-state index is 0. The summed E-state index contributed by atoms with van der Waals surface area (Å²) in [5.74, 6) is 0.0308. The zero-order chi connectivity index (χ0) is 14.6. The van der Waals surface area contributed by atoms with E-state index < -0.39 is 0 Å². The maximum absolute atomic E-state index is 12.1. The lowest BCUT2D eigenvalue weighted by molar-refractivity contribution is -0.129. The van der Waals surface area contributed by atoms with E-state index in [0.29, 0.717) is 13.2 Å². The first-order valence-corrected chi connectivity index (χ1v) is 7.46. The van der Waals surface area contributed by atoms with Gasteiger partial charge >= 0.3 is 0 Å². The number of carbonyl (C=O) groups excluding carboxylic acids is 1. The Bertz CT molecular complexity index is 345. The fourth-order valence-corrected chi connectivity index (χ4v) is 2.76. The van der Waals surface area contributed by atoms with Crippen LogP contribution in [0.1, 0.15) is 20.8 Å². The van der Waals surface area contributed by atoms with E-state index >= 15 is 0 Å². The van der Waals surface area contributed by atoms with Gasteiger partial charge in [0.2, 0.25) is 5.91 Å². The van der Waals surface area contributed by atoms with Gasteiger partial charge < -0.3 is 20.1 Å². The van der Waals surface area contributed by atoms with Gasteiger partial charge in [0, 0.05) is 31.7 Å². The fourth-order valence-electron chi connectivity index (χ4n) is 2.76. The Morgan fingerprint density at radius 2 is 2.09 bits per heavy atom. The average Bonchev–Trinajstić information content (AvgIpc) is 2.41. The molecule has 2 N–H and O–H groups in total. The second-order valence-corrected chi connectivity index (χ2v) is 6.15. The van der Waals surface area contributed by atoms with Crippen molar-refractivity contribution in [2.45, 2.75) is 38.5 Å². The molecule has 2 aliphatic rings. The summed E-state index contributed by atoms with van der Waals surface area (Å²) >= 11 is 0. The Labute approximate surface area is 145 Å². The van der Waals surface area contributed by atoms with Crippen molar-refractivity contribution in [3.05, 3.63) is 0 Å². The van der Waals surface area contributed by atoms with Crippen LogP contribution in [-0.4, -0.2) is 74.5 Å². The number of nitrogens with zero attached hydrogens (tertiary/aromatic N) is 1. The maximum atomic E-state index is 12.1. The number of rotatable bonds is 4. The third-order valence-electron chi connectivity index (χ3n) is 4.10. The molecule has 2 fully saturated rings. The summed E-state index contributed by atoms with van der Waals surface area (Å²) in [4.78, 5) is 14.5. The van der Waals surface area contributed by atoms with Crippen LogP contribution in [0.25, 0.3) is 0 Å². The highest BCUT2D eigenvalue weighted by atomic mass is 35.5. The summed E-state index contributed by atoms with van der Waals surface area (Å²) in [6.07, 6.45) is -0.0661. The van der Waals surface area contributed by atoms with E-state index in [0.717, 1.165) is 32.8 Å². The predicted octanol–water partition coefficient (Wildman–Crippen LogP) is 0.434. The van der Waals surface area contributed by atoms with Crippen molar-refractivity contribution in [3.8, 4) is 0 Å². The molecule has 0 aromatic rings. The first-order chi connectivity index (χ1) is 9.50. The molecular formula is C14H29Cl2N3O3. The highest BCUT2D eigenvalue weighted by molar-refractivity contribution is 5.85. The zero-order valence-electron chi connectivity index (χ0n) is 13.6. The summed E-state index contributed by atoms with van der Waals surface area (Å²) in [7, 11) is 0. The molecule has 0 spiro atoms. The molecule has 132 valence electrons. The molecule has 0 radical (unpaired) electrons. The topological polar surface area (TPSA) is 62.8 Å². The number of halogens is 2. The molecule has 6 nitrogen and oxygen atoms in total. The molecule has 22 heavy (non-hydrogen) atoms. The quantitative estimate of drug-likeness (QED) is 0.764. The Morgan fingerprint density at radius 1 is 1.36 bits per heavy atom. The van der Waals surface area contributed by atoms with Crippen molar-refractivity contribution in [1.29, 1.82) is 0 Å². The summed E-state index contributed by atoms with van der Waals surface area (Å²) in [5.41, 5.74) is 0.0441. The van der Waals surface area contributed by atoms with Crippen molar-refractivity contribution < 1.29 is 14.3 Å². The Hall–Kier alpha value is -0.110. The lowest BCUT2D eigenvalue weighted by atomic mass is 10.0. The van der Waals surface area contributed by atoms with Crippen LogP contribution in [0.2, 0.25) is 0 Å². The summed E-state index contributed by atoms with van der Waals surface area (Å²) in [5, 5.41) is 6.21. The fraction of sp³-hybridized carbons (Fsp3) is 0.929. The molecule has 0 bridgehead atoms. The number of morpholine rings is 2. The molecule has 2 atom stereocenters. The summed E-state index contributed by atoms with van der Waals surface area (Å²) in [6, 6.07) is -0.235. The van der Waals surface area contributed by atoms with E-state index in [1.807, 2.05) is 6.92 Å². The van der Waals surface area contributed by atoms with Gasteiger partial charge in [0.25, 0.3) is 0 Å². The third-order valence-corrected chi connectivity index (χ3v) is 4.10. The van der Waals surface area contributed by atoms with Crippen LogP contribution in [0, 0.1) is 0 Å². The normalized spacial score (nSPS) is 28.1. The van der Waals surface area contributed by atoms with Crippen molar-refractivity contribution in [2.24, 2.45) is 0 Å². The molecule has 0 saturated carbocycles. The van der Waals surface area contributed by atoms with Gasteiger partial charge in [-0.1, -0.05) is 0 Å². The van der Waals surface area contributed by atoms with Crippen molar-refractivity contribution >= 4 is 30.7 Å². The number of hydrogen-bond donors (Lipinski definition) is 2. The van der Waals surface area contributed by atoms with E-state index in [-0.39, 0.29) is 48.4 Å². The number of amides is 1. The van der Waals surface area contributed by atoms with Gasteiger partial charge in [0.05, 0.1) is 25.9 Å². The van der Waals surface area contributed by atoms with E-state index in [4.69, 9.17) is 9.47 Å². The highest BCUT2D eigenvalue weighted by Crippen LogP contribution is 2.17. The standard InChI is InChI=1S/C14H27N3O3.2ClH/c1-11-12(15-5-8-20-11)13(18)16-4-6-17-7-9-19-10-14(17,2)3;;/h11-12,15H,4-10H2,1-3H3,(H,16,18);2*1H/t11-,12+;;/m1../s1. The smallest absolute Gasteiger partial charge is 0.239 e. The molecule has 0 aliphatic carbocycles. The number of nitrogens with one attached hydrogen (secondary N) is 2. The molecule has 2 rings (SSSR count). The first kappa shape index (κ1) is 21.9. The van der Waals surface area contributed by atoms with Gasteiger partial charge in [-0.15, -0.1) is 24.8 Å². The van der Waals surface area contributed by atoms with Crippen LogP contribution in [0.3, 0.4) is 0 Å². The van der Waals surface area contributed by atoms with Gasteiger partial charge in [-0.3, -0.25) is 9.69 Å². The first-order valence-electron chi connectivity index (χ1n) is 7.46. The Morgan fingerprint density at radius 3 is 2.73 bits per heavy atom. The van der Waals surface area contributed by atoms with Crippen LogP contribution in [0.4, 0.5) is 0 Å². The lowest BCUT2D eigenvalue weighted by Gasteiger charge is -2.42. The van der Waals surface area contributed by atoms with Gasteiger partial charge in [0.1, 0.15) is 6.04 Å². The molecule has 0 aromatic heterocycles. The molecule has 2 aliphatic heterocycles. The average molecular weight is 358 g/mol. The van der Waals surface area contributed by atoms with Crippen molar-refractivity contribution in [1.82, 2.24) is 15.5 Å². The van der Waals surface area contributed by atoms with Crippen molar-refractivity contribution in [2.75, 3.05) is 46.0 Å². The SMILES string of the molecule is C[C@H]1OCCN[C@@H]1C(=O)NCCN1CCOCC1(C)C.Cl.Cl. The Kier molecular flexibility index (Phi) is 9.85. The van der Waals surface area contributed by atoms with Crippen molar-refractivity contribution in [3.63, 3.8) is 0 Å². The van der Waals surface area contributed by atoms with Crippen LogP contribution < -0.4 is 10.6 Å². The van der Waals surface area contributed by atoms with E-state index in [9.17, 15) is 4.79 Å². The second-order valence-electron chi connectivity index (χ2n) is 6.15. The van der Waals surface area contributed by atoms with Gasteiger partial charge in [-0.05, 0) is 20.8 Å². The second kappa shape index (κ2) is 9.90. The molecule has 0 unspecified atom stereocenters. The highest BCUT2D eigenvalue weighted by Gasteiger charge is 2.31. The summed E-state index contributed by atoms with van der Waals surface area (Å²) < 4.78 is 11.0. The minimum atomic E-state index is -0.235. The van der Waals surface area contributed by atoms with Crippen LogP contribution in [0.5, 0.6) is 0 Å². The van der Waals surface area contributed by atoms with Gasteiger partial charge in [-0.25, -0.2) is 0 Å². The third kappa shape index (κ3) is 5.83. The van der Waals surface area contributed by atoms with Crippen LogP contribution in [0.15, 0.2) is 0 Å². The molecule has 2 heterocycles. The van der Waals surface area contributed by atoms with Gasteiger partial charge in [-0.2, -0.15) is 0 Å². The largest absolute Gasteiger partial charge is 0.378 e. The lowest BCUT2D eigenvalue weighted by Crippen LogP contribution is -2.58. The molecule has 8 heteroatoms. The summed E-state index contributed by atoms with van der Waals surface area (Å²) in [6.45, 7) is 11.6. The molecule has 1 amide bonds. The van der Waals surface area contributed by atoms with Crippen LogP contribution in [-0.2, 0) is 14.3 Å². The van der Waals surface area contributed by atoms with E-state index in [2.05, 4.69) is 29.4 Å². The molecule has 2 saturated heterocycles. The van der Waals surface area contributed by atoms with E-state index in [1.54, 1.807) is 0 Å². The maximum Gasteiger partial charge on any atom is 0.239 e. The Balaban J connectivity index is 0.00000220. The monoisotopic (exact) mass is 357 g/mol. The molecular weight excluding hydrogens is 329 g/mol. The van der Waals surface area contributed by atoms with E-state index in [1.165, 1.54) is 0 Å². The molecule has 0 aromatic carbocycles. The predicted molar refractivity (Wildman–Crippen MR) is 91.2 cm³/mol.